The molecule has 0 aromatic carbocycles. The number of rotatable bonds is 4. The predicted octanol–water partition coefficient (Wildman–Crippen LogP) is 3.66. The van der Waals surface area contributed by atoms with Crippen molar-refractivity contribution in [3.05, 3.63) is 21.1 Å². The van der Waals surface area contributed by atoms with Gasteiger partial charge in [0.15, 0.2) is 0 Å². The average Bonchev–Trinajstić information content (AvgIpc) is 3.23. The van der Waals surface area contributed by atoms with Gasteiger partial charge in [-0.25, -0.2) is 9.97 Å². The lowest BCUT2D eigenvalue weighted by Gasteiger charge is -2.23. The Bertz CT molecular complexity index is 527. The van der Waals surface area contributed by atoms with Gasteiger partial charge in [0, 0.05) is 12.0 Å². The second-order valence-corrected chi connectivity index (χ2v) is 5.94. The molecule has 0 bridgehead atoms. The standard InChI is InChI=1S/C13H17ClN4O2/c14-11-10(18(19)20)13(15-9-4-2-1-3-5-9)17-12(16-11)8-6-7-8/h8-9H,1-7H2,(H,15,16,17). The van der Waals surface area contributed by atoms with E-state index in [0.717, 1.165) is 38.5 Å². The van der Waals surface area contributed by atoms with Gasteiger partial charge in [-0.1, -0.05) is 30.9 Å². The SMILES string of the molecule is O=[N+]([O-])c1c(Cl)nc(C2CC2)nc1NC1CCCCC1. The first kappa shape index (κ1) is 13.5. The van der Waals surface area contributed by atoms with Gasteiger partial charge in [0.25, 0.3) is 0 Å². The molecule has 0 spiro atoms. The van der Waals surface area contributed by atoms with Crippen LogP contribution in [-0.4, -0.2) is 20.9 Å². The van der Waals surface area contributed by atoms with E-state index in [1.54, 1.807) is 0 Å². The third-order valence-corrected chi connectivity index (χ3v) is 4.19. The normalized spacial score (nSPS) is 19.9. The van der Waals surface area contributed by atoms with Gasteiger partial charge in [-0.3, -0.25) is 10.1 Å². The molecule has 0 atom stereocenters. The van der Waals surface area contributed by atoms with E-state index >= 15 is 0 Å². The van der Waals surface area contributed by atoms with E-state index in [2.05, 4.69) is 15.3 Å². The van der Waals surface area contributed by atoms with Crippen molar-refractivity contribution in [1.82, 2.24) is 9.97 Å². The summed E-state index contributed by atoms with van der Waals surface area (Å²) in [6.45, 7) is 0. The Morgan fingerprint density at radius 1 is 1.15 bits per heavy atom. The highest BCUT2D eigenvalue weighted by atomic mass is 35.5. The first-order chi connectivity index (χ1) is 9.65. The number of nitrogens with one attached hydrogen (secondary N) is 1. The molecule has 3 rings (SSSR count). The van der Waals surface area contributed by atoms with Crippen LogP contribution in [0, 0.1) is 10.1 Å². The molecule has 2 aliphatic carbocycles. The molecule has 0 unspecified atom stereocenters. The lowest BCUT2D eigenvalue weighted by atomic mass is 9.95. The summed E-state index contributed by atoms with van der Waals surface area (Å²) in [5.74, 6) is 1.25. The van der Waals surface area contributed by atoms with Gasteiger partial charge < -0.3 is 5.32 Å². The summed E-state index contributed by atoms with van der Waals surface area (Å²) in [7, 11) is 0. The molecule has 1 heterocycles. The third kappa shape index (κ3) is 2.85. The first-order valence-corrected chi connectivity index (χ1v) is 7.51. The van der Waals surface area contributed by atoms with Crippen LogP contribution in [0.25, 0.3) is 0 Å². The molecule has 2 fully saturated rings. The van der Waals surface area contributed by atoms with Gasteiger partial charge in [0.2, 0.25) is 11.0 Å². The second kappa shape index (κ2) is 5.52. The molecule has 0 aliphatic heterocycles. The Labute approximate surface area is 122 Å². The summed E-state index contributed by atoms with van der Waals surface area (Å²) in [4.78, 5) is 19.1. The fourth-order valence-corrected chi connectivity index (χ4v) is 2.92. The molecule has 2 aliphatic rings. The molecule has 7 heteroatoms. The van der Waals surface area contributed by atoms with Crippen molar-refractivity contribution in [2.75, 3.05) is 5.32 Å². The Morgan fingerprint density at radius 3 is 2.45 bits per heavy atom. The second-order valence-electron chi connectivity index (χ2n) is 5.58. The summed E-state index contributed by atoms with van der Waals surface area (Å²) in [6, 6.07) is 0.250. The van der Waals surface area contributed by atoms with Gasteiger partial charge in [-0.05, 0) is 25.7 Å². The minimum absolute atomic E-state index is 0.0507. The zero-order chi connectivity index (χ0) is 14.1. The zero-order valence-corrected chi connectivity index (χ0v) is 11.9. The molecule has 1 N–H and O–H groups in total. The van der Waals surface area contributed by atoms with Crippen LogP contribution in [0.4, 0.5) is 11.5 Å². The van der Waals surface area contributed by atoms with Crippen molar-refractivity contribution in [3.8, 4) is 0 Å². The van der Waals surface area contributed by atoms with Gasteiger partial charge >= 0.3 is 5.69 Å². The lowest BCUT2D eigenvalue weighted by molar-refractivity contribution is -0.384. The Balaban J connectivity index is 1.90. The summed E-state index contributed by atoms with van der Waals surface area (Å²) >= 11 is 5.99. The number of aromatic nitrogens is 2. The molecule has 0 radical (unpaired) electrons. The van der Waals surface area contributed by atoms with Crippen molar-refractivity contribution in [1.29, 1.82) is 0 Å². The smallest absolute Gasteiger partial charge is 0.348 e. The van der Waals surface area contributed by atoms with Crippen LogP contribution in [0.1, 0.15) is 56.7 Å². The molecule has 0 saturated heterocycles. The molecular weight excluding hydrogens is 280 g/mol. The predicted molar refractivity (Wildman–Crippen MR) is 76.2 cm³/mol. The monoisotopic (exact) mass is 296 g/mol. The van der Waals surface area contributed by atoms with E-state index < -0.39 is 4.92 Å². The lowest BCUT2D eigenvalue weighted by Crippen LogP contribution is -2.24. The van der Waals surface area contributed by atoms with Crippen LogP contribution in [-0.2, 0) is 0 Å². The molecule has 0 amide bonds. The summed E-state index contributed by atoms with van der Waals surface area (Å²) < 4.78 is 0. The molecule has 108 valence electrons. The maximum Gasteiger partial charge on any atom is 0.348 e. The maximum absolute atomic E-state index is 11.2. The highest BCUT2D eigenvalue weighted by molar-refractivity contribution is 6.31. The minimum atomic E-state index is -0.496. The van der Waals surface area contributed by atoms with E-state index in [4.69, 9.17) is 11.6 Å². The van der Waals surface area contributed by atoms with Crippen LogP contribution in [0.2, 0.25) is 5.15 Å². The zero-order valence-electron chi connectivity index (χ0n) is 11.1. The number of halogens is 1. The Morgan fingerprint density at radius 2 is 1.85 bits per heavy atom. The molecule has 6 nitrogen and oxygen atoms in total. The van der Waals surface area contributed by atoms with Gasteiger partial charge in [-0.15, -0.1) is 0 Å². The number of nitro groups is 1. The minimum Gasteiger partial charge on any atom is -0.361 e. The summed E-state index contributed by atoms with van der Waals surface area (Å²) in [6.07, 6.45) is 7.67. The van der Waals surface area contributed by atoms with Crippen molar-refractivity contribution in [2.45, 2.75) is 56.9 Å². The maximum atomic E-state index is 11.2. The number of hydrogen-bond donors (Lipinski definition) is 1. The molecule has 1 aromatic rings. The van der Waals surface area contributed by atoms with Gasteiger partial charge in [0.1, 0.15) is 5.82 Å². The highest BCUT2D eigenvalue weighted by Gasteiger charge is 2.32. The van der Waals surface area contributed by atoms with Crippen LogP contribution in [0.5, 0.6) is 0 Å². The summed E-state index contributed by atoms with van der Waals surface area (Å²) in [5.41, 5.74) is -0.193. The summed E-state index contributed by atoms with van der Waals surface area (Å²) in [5, 5.41) is 14.3. The number of nitrogens with zero attached hydrogens (tertiary/aromatic N) is 3. The first-order valence-electron chi connectivity index (χ1n) is 7.13. The van der Waals surface area contributed by atoms with Crippen LogP contribution < -0.4 is 5.32 Å². The topological polar surface area (TPSA) is 81.0 Å². The number of anilines is 1. The quantitative estimate of drug-likeness (QED) is 0.521. The van der Waals surface area contributed by atoms with Gasteiger partial charge in [-0.2, -0.15) is 0 Å². The molecule has 20 heavy (non-hydrogen) atoms. The van der Waals surface area contributed by atoms with Crippen molar-refractivity contribution in [3.63, 3.8) is 0 Å². The van der Waals surface area contributed by atoms with Crippen LogP contribution in [0.3, 0.4) is 0 Å². The Hall–Kier alpha value is -1.43. The fraction of sp³-hybridized carbons (Fsp3) is 0.692. The van der Waals surface area contributed by atoms with Crippen molar-refractivity contribution < 1.29 is 4.92 Å². The third-order valence-electron chi connectivity index (χ3n) is 3.93. The largest absolute Gasteiger partial charge is 0.361 e. The van der Waals surface area contributed by atoms with Crippen molar-refractivity contribution >= 4 is 23.1 Å². The molecule has 2 saturated carbocycles. The van der Waals surface area contributed by atoms with E-state index in [0.29, 0.717) is 17.6 Å². The van der Waals surface area contributed by atoms with Crippen LogP contribution >= 0.6 is 11.6 Å². The Kier molecular flexibility index (Phi) is 3.74. The number of hydrogen-bond acceptors (Lipinski definition) is 5. The van der Waals surface area contributed by atoms with E-state index in [-0.39, 0.29) is 16.9 Å². The molecular formula is C13H17ClN4O2. The molecule has 1 aromatic heterocycles. The van der Waals surface area contributed by atoms with Crippen LogP contribution in [0.15, 0.2) is 0 Å². The van der Waals surface area contributed by atoms with Crippen molar-refractivity contribution in [2.24, 2.45) is 0 Å². The highest BCUT2D eigenvalue weighted by Crippen LogP contribution is 2.41. The fourth-order valence-electron chi connectivity index (χ4n) is 2.67. The van der Waals surface area contributed by atoms with E-state index in [9.17, 15) is 10.1 Å². The average molecular weight is 297 g/mol. The van der Waals surface area contributed by atoms with E-state index in [1.807, 2.05) is 0 Å². The van der Waals surface area contributed by atoms with E-state index in [1.165, 1.54) is 6.42 Å². The van der Waals surface area contributed by atoms with Gasteiger partial charge in [0.05, 0.1) is 4.92 Å².